The summed E-state index contributed by atoms with van der Waals surface area (Å²) in [4.78, 5) is 31.0. The number of imidazole rings is 1. The van der Waals surface area contributed by atoms with Gasteiger partial charge in [0, 0.05) is 13.1 Å². The van der Waals surface area contributed by atoms with Crippen molar-refractivity contribution in [1.29, 1.82) is 0 Å². The third kappa shape index (κ3) is 2.35. The maximum atomic E-state index is 12.2. The predicted octanol–water partition coefficient (Wildman–Crippen LogP) is -0.0681. The van der Waals surface area contributed by atoms with Crippen molar-refractivity contribution in [1.82, 2.24) is 20.2 Å². The lowest BCUT2D eigenvalue weighted by atomic mass is 10.0. The minimum absolute atomic E-state index is 0.0245. The van der Waals surface area contributed by atoms with Crippen molar-refractivity contribution in [2.45, 2.75) is 18.9 Å². The molecule has 0 aliphatic carbocycles. The number of aromatic carboxylic acids is 1. The largest absolute Gasteiger partial charge is 0.477 e. The van der Waals surface area contributed by atoms with Gasteiger partial charge < -0.3 is 20.3 Å². The molecule has 0 spiro atoms. The molecule has 1 aliphatic heterocycles. The van der Waals surface area contributed by atoms with Gasteiger partial charge in [-0.3, -0.25) is 4.79 Å². The number of aromatic nitrogens is 2. The zero-order chi connectivity index (χ0) is 13.1. The third-order valence-electron chi connectivity index (χ3n) is 3.23. The topological polar surface area (TPSA) is 98.3 Å². The van der Waals surface area contributed by atoms with Crippen molar-refractivity contribution in [2.24, 2.45) is 0 Å². The molecule has 0 unspecified atom stereocenters. The number of hydrogen-bond acceptors (Lipinski definition) is 4. The zero-order valence-corrected chi connectivity index (χ0v) is 10.1. The molecule has 1 saturated heterocycles. The fraction of sp³-hybridized carbons (Fsp3) is 0.545. The summed E-state index contributed by atoms with van der Waals surface area (Å²) >= 11 is 0. The first-order valence-corrected chi connectivity index (χ1v) is 5.85. The Balaban J connectivity index is 2.14. The van der Waals surface area contributed by atoms with E-state index in [4.69, 9.17) is 5.11 Å². The molecule has 7 heteroatoms. The molecule has 2 heterocycles. The molecule has 0 bridgehead atoms. The van der Waals surface area contributed by atoms with Crippen LogP contribution in [-0.2, 0) is 0 Å². The van der Waals surface area contributed by atoms with Crippen molar-refractivity contribution in [3.63, 3.8) is 0 Å². The molecule has 2 rings (SSSR count). The molecule has 3 N–H and O–H groups in total. The minimum atomic E-state index is -1.17. The standard InChI is InChI=1S/C11H16N4O3/c1-15(7-2-4-12-5-3-7)10(16)8-9(11(17)18)14-6-13-8/h6-7,12H,2-5H2,1H3,(H,13,14)(H,17,18). The number of carboxylic acids is 1. The normalized spacial score (nSPS) is 16.5. The number of piperidine rings is 1. The minimum Gasteiger partial charge on any atom is -0.477 e. The quantitative estimate of drug-likeness (QED) is 0.699. The third-order valence-corrected chi connectivity index (χ3v) is 3.23. The van der Waals surface area contributed by atoms with Gasteiger partial charge in [-0.1, -0.05) is 0 Å². The van der Waals surface area contributed by atoms with E-state index in [1.807, 2.05) is 0 Å². The Labute approximate surface area is 104 Å². The number of nitrogens with one attached hydrogen (secondary N) is 2. The Morgan fingerprint density at radius 2 is 2.11 bits per heavy atom. The summed E-state index contributed by atoms with van der Waals surface area (Å²) in [5.74, 6) is -1.52. The van der Waals surface area contributed by atoms with Gasteiger partial charge in [0.2, 0.25) is 0 Å². The average Bonchev–Trinajstić information content (AvgIpc) is 2.87. The van der Waals surface area contributed by atoms with Crippen LogP contribution in [0.15, 0.2) is 6.33 Å². The van der Waals surface area contributed by atoms with Gasteiger partial charge in [0.15, 0.2) is 11.4 Å². The van der Waals surface area contributed by atoms with Crippen molar-refractivity contribution in [3.8, 4) is 0 Å². The number of hydrogen-bond donors (Lipinski definition) is 3. The molecule has 1 aromatic heterocycles. The number of carbonyl (C=O) groups is 2. The smallest absolute Gasteiger partial charge is 0.354 e. The molecule has 1 amide bonds. The summed E-state index contributed by atoms with van der Waals surface area (Å²) in [6.45, 7) is 1.74. The lowest BCUT2D eigenvalue weighted by molar-refractivity contribution is 0.0651. The van der Waals surface area contributed by atoms with Crippen LogP contribution < -0.4 is 5.32 Å². The lowest BCUT2D eigenvalue weighted by Crippen LogP contribution is -2.44. The van der Waals surface area contributed by atoms with Crippen molar-refractivity contribution >= 4 is 11.9 Å². The molecule has 0 radical (unpaired) electrons. The van der Waals surface area contributed by atoms with E-state index in [0.717, 1.165) is 25.9 Å². The highest BCUT2D eigenvalue weighted by atomic mass is 16.4. The maximum absolute atomic E-state index is 12.2. The second-order valence-electron chi connectivity index (χ2n) is 4.33. The first kappa shape index (κ1) is 12.6. The first-order chi connectivity index (χ1) is 8.61. The van der Waals surface area contributed by atoms with Gasteiger partial charge in [-0.05, 0) is 25.9 Å². The summed E-state index contributed by atoms with van der Waals surface area (Å²) in [6, 6.07) is 0.136. The van der Waals surface area contributed by atoms with E-state index >= 15 is 0 Å². The Morgan fingerprint density at radius 1 is 1.44 bits per heavy atom. The molecule has 1 aliphatic rings. The molecule has 18 heavy (non-hydrogen) atoms. The number of aromatic amines is 1. The molecule has 0 atom stereocenters. The molecular formula is C11H16N4O3. The summed E-state index contributed by atoms with van der Waals surface area (Å²) < 4.78 is 0. The number of carboxylic acid groups (broad SMARTS) is 1. The lowest BCUT2D eigenvalue weighted by Gasteiger charge is -2.31. The fourth-order valence-corrected chi connectivity index (χ4v) is 2.15. The number of amides is 1. The predicted molar refractivity (Wildman–Crippen MR) is 63.5 cm³/mol. The number of nitrogens with zero attached hydrogens (tertiary/aromatic N) is 2. The van der Waals surface area contributed by atoms with Crippen LogP contribution in [0.2, 0.25) is 0 Å². The van der Waals surface area contributed by atoms with Gasteiger partial charge in [0.25, 0.3) is 5.91 Å². The van der Waals surface area contributed by atoms with Gasteiger partial charge in [-0.15, -0.1) is 0 Å². The van der Waals surface area contributed by atoms with Crippen LogP contribution in [-0.4, -0.2) is 58.0 Å². The van der Waals surface area contributed by atoms with E-state index in [2.05, 4.69) is 15.3 Å². The highest BCUT2D eigenvalue weighted by Crippen LogP contribution is 2.14. The van der Waals surface area contributed by atoms with Crippen molar-refractivity contribution in [2.75, 3.05) is 20.1 Å². The van der Waals surface area contributed by atoms with Gasteiger partial charge in [0.05, 0.1) is 6.33 Å². The molecule has 0 saturated carbocycles. The summed E-state index contributed by atoms with van der Waals surface area (Å²) in [7, 11) is 1.69. The number of rotatable bonds is 3. The Kier molecular flexibility index (Phi) is 3.61. The zero-order valence-electron chi connectivity index (χ0n) is 10.1. The summed E-state index contributed by atoms with van der Waals surface area (Å²) in [5, 5.41) is 12.2. The molecule has 1 aromatic rings. The first-order valence-electron chi connectivity index (χ1n) is 5.85. The van der Waals surface area contributed by atoms with Crippen LogP contribution in [0.3, 0.4) is 0 Å². The Hall–Kier alpha value is -1.89. The van der Waals surface area contributed by atoms with E-state index in [0.29, 0.717) is 0 Å². The van der Waals surface area contributed by atoms with E-state index in [1.54, 1.807) is 11.9 Å². The number of carbonyl (C=O) groups excluding carboxylic acids is 1. The molecule has 7 nitrogen and oxygen atoms in total. The highest BCUT2D eigenvalue weighted by Gasteiger charge is 2.27. The van der Waals surface area contributed by atoms with E-state index in [9.17, 15) is 9.59 Å². The Morgan fingerprint density at radius 3 is 2.72 bits per heavy atom. The van der Waals surface area contributed by atoms with E-state index in [1.165, 1.54) is 6.33 Å². The van der Waals surface area contributed by atoms with Crippen LogP contribution in [0.5, 0.6) is 0 Å². The summed E-state index contributed by atoms with van der Waals surface area (Å²) in [6.07, 6.45) is 2.97. The summed E-state index contributed by atoms with van der Waals surface area (Å²) in [5.41, 5.74) is -0.177. The molecule has 0 aromatic carbocycles. The van der Waals surface area contributed by atoms with Crippen LogP contribution in [0.25, 0.3) is 0 Å². The molecule has 98 valence electrons. The monoisotopic (exact) mass is 252 g/mol. The molecular weight excluding hydrogens is 236 g/mol. The van der Waals surface area contributed by atoms with Crippen LogP contribution in [0.1, 0.15) is 33.8 Å². The van der Waals surface area contributed by atoms with Gasteiger partial charge >= 0.3 is 5.97 Å². The molecule has 1 fully saturated rings. The van der Waals surface area contributed by atoms with Crippen LogP contribution >= 0.6 is 0 Å². The van der Waals surface area contributed by atoms with Crippen LogP contribution in [0.4, 0.5) is 0 Å². The fourth-order valence-electron chi connectivity index (χ4n) is 2.15. The van der Waals surface area contributed by atoms with Gasteiger partial charge in [-0.2, -0.15) is 0 Å². The van der Waals surface area contributed by atoms with E-state index in [-0.39, 0.29) is 23.3 Å². The van der Waals surface area contributed by atoms with Crippen molar-refractivity contribution in [3.05, 3.63) is 17.7 Å². The average molecular weight is 252 g/mol. The second kappa shape index (κ2) is 5.18. The van der Waals surface area contributed by atoms with Gasteiger partial charge in [0.1, 0.15) is 0 Å². The van der Waals surface area contributed by atoms with E-state index < -0.39 is 5.97 Å². The number of H-pyrrole nitrogens is 1. The maximum Gasteiger partial charge on any atom is 0.354 e. The highest BCUT2D eigenvalue weighted by molar-refractivity contribution is 6.02. The Bertz CT molecular complexity index is 451. The second-order valence-corrected chi connectivity index (χ2v) is 4.33. The van der Waals surface area contributed by atoms with Crippen molar-refractivity contribution < 1.29 is 14.7 Å². The van der Waals surface area contributed by atoms with Gasteiger partial charge in [-0.25, -0.2) is 9.78 Å². The van der Waals surface area contributed by atoms with Crippen LogP contribution in [0, 0.1) is 0 Å². The SMILES string of the molecule is CN(C(=O)c1nc[nH]c1C(=O)O)C1CCNCC1.